The van der Waals surface area contributed by atoms with Crippen molar-refractivity contribution in [1.29, 1.82) is 0 Å². The second-order valence-corrected chi connectivity index (χ2v) is 4.09. The predicted molar refractivity (Wildman–Crippen MR) is 65.5 cm³/mol. The third-order valence-corrected chi connectivity index (χ3v) is 2.40. The molecule has 0 amide bonds. The Labute approximate surface area is 104 Å². The van der Waals surface area contributed by atoms with Crippen LogP contribution in [-0.2, 0) is 0 Å². The van der Waals surface area contributed by atoms with Gasteiger partial charge in [-0.05, 0) is 26.0 Å². The van der Waals surface area contributed by atoms with Gasteiger partial charge in [0.1, 0.15) is 11.3 Å². The number of hydrogen-bond donors (Lipinski definition) is 1. The molecule has 96 valence electrons. The third-order valence-electron chi connectivity index (χ3n) is 2.40. The van der Waals surface area contributed by atoms with Crippen LogP contribution in [0, 0.1) is 0 Å². The third kappa shape index (κ3) is 2.11. The topological polar surface area (TPSA) is 68.9 Å². The van der Waals surface area contributed by atoms with E-state index in [4.69, 9.17) is 19.0 Å². The van der Waals surface area contributed by atoms with Gasteiger partial charge in [-0.2, -0.15) is 0 Å². The predicted octanol–water partition coefficient (Wildman–Crippen LogP) is 2.93. The molecule has 0 aliphatic carbocycles. The number of furan rings is 1. The van der Waals surface area contributed by atoms with Crippen LogP contribution in [0.25, 0.3) is 11.0 Å². The minimum atomic E-state index is -1.15. The van der Waals surface area contributed by atoms with Gasteiger partial charge >= 0.3 is 5.97 Å². The monoisotopic (exact) mass is 250 g/mol. The summed E-state index contributed by atoms with van der Waals surface area (Å²) in [6.45, 7) is 3.65. The molecule has 1 aromatic carbocycles. The van der Waals surface area contributed by atoms with Gasteiger partial charge in [-0.15, -0.1) is 0 Å². The molecule has 5 heteroatoms. The molecule has 0 atom stereocenters. The van der Waals surface area contributed by atoms with E-state index in [9.17, 15) is 4.79 Å². The summed E-state index contributed by atoms with van der Waals surface area (Å²) in [5.74, 6) is -0.479. The minimum Gasteiger partial charge on any atom is -0.497 e. The first-order valence-corrected chi connectivity index (χ1v) is 5.53. The molecular formula is C13H14O5. The lowest BCUT2D eigenvalue weighted by atomic mass is 10.2. The standard InChI is InChI=1S/C13H14O5/c1-7(2)17-11-9-5-4-8(16-3)6-10(9)18-12(11)13(14)15/h4-7H,1-3H3,(H,14,15). The van der Waals surface area contributed by atoms with Gasteiger partial charge in [-0.3, -0.25) is 0 Å². The molecule has 0 radical (unpaired) electrons. The van der Waals surface area contributed by atoms with Gasteiger partial charge in [-0.25, -0.2) is 4.79 Å². The number of ether oxygens (including phenoxy) is 2. The number of carbonyl (C=O) groups is 1. The normalized spacial score (nSPS) is 10.9. The van der Waals surface area contributed by atoms with Crippen LogP contribution in [0.3, 0.4) is 0 Å². The van der Waals surface area contributed by atoms with E-state index in [-0.39, 0.29) is 17.6 Å². The molecule has 18 heavy (non-hydrogen) atoms. The molecule has 2 aromatic rings. The Hall–Kier alpha value is -2.17. The van der Waals surface area contributed by atoms with Crippen LogP contribution in [0.15, 0.2) is 22.6 Å². The van der Waals surface area contributed by atoms with E-state index in [1.165, 1.54) is 7.11 Å². The van der Waals surface area contributed by atoms with Crippen LogP contribution in [-0.4, -0.2) is 24.3 Å². The Balaban J connectivity index is 2.63. The molecule has 1 heterocycles. The molecule has 0 saturated carbocycles. The average molecular weight is 250 g/mol. The Morgan fingerprint density at radius 3 is 2.67 bits per heavy atom. The summed E-state index contributed by atoms with van der Waals surface area (Å²) in [6, 6.07) is 5.09. The molecule has 0 spiro atoms. The summed E-state index contributed by atoms with van der Waals surface area (Å²) < 4.78 is 15.9. The van der Waals surface area contributed by atoms with Crippen molar-refractivity contribution in [2.75, 3.05) is 7.11 Å². The summed E-state index contributed by atoms with van der Waals surface area (Å²) in [6.07, 6.45) is -0.133. The van der Waals surface area contributed by atoms with Crippen LogP contribution < -0.4 is 9.47 Å². The van der Waals surface area contributed by atoms with Crippen LogP contribution in [0.2, 0.25) is 0 Å². The maximum atomic E-state index is 11.1. The summed E-state index contributed by atoms with van der Waals surface area (Å²) in [5.41, 5.74) is 0.433. The molecule has 0 aliphatic rings. The Kier molecular flexibility index (Phi) is 3.14. The highest BCUT2D eigenvalue weighted by atomic mass is 16.5. The van der Waals surface area contributed by atoms with Crippen molar-refractivity contribution in [3.8, 4) is 11.5 Å². The van der Waals surface area contributed by atoms with E-state index in [1.54, 1.807) is 18.2 Å². The van der Waals surface area contributed by atoms with Crippen LogP contribution in [0.1, 0.15) is 24.4 Å². The molecule has 1 aromatic heterocycles. The quantitative estimate of drug-likeness (QED) is 0.903. The Bertz CT molecular complexity index is 582. The lowest BCUT2D eigenvalue weighted by Crippen LogP contribution is -2.08. The first-order valence-electron chi connectivity index (χ1n) is 5.53. The number of methoxy groups -OCH3 is 1. The van der Waals surface area contributed by atoms with E-state index in [0.29, 0.717) is 16.7 Å². The van der Waals surface area contributed by atoms with Gasteiger partial charge in [0.25, 0.3) is 5.76 Å². The van der Waals surface area contributed by atoms with Crippen LogP contribution >= 0.6 is 0 Å². The summed E-state index contributed by atoms with van der Waals surface area (Å²) in [7, 11) is 1.54. The summed E-state index contributed by atoms with van der Waals surface area (Å²) >= 11 is 0. The highest BCUT2D eigenvalue weighted by Crippen LogP contribution is 2.35. The van der Waals surface area contributed by atoms with E-state index in [1.807, 2.05) is 13.8 Å². The van der Waals surface area contributed by atoms with Crippen LogP contribution in [0.5, 0.6) is 11.5 Å². The Morgan fingerprint density at radius 2 is 2.11 bits per heavy atom. The van der Waals surface area contributed by atoms with Crippen LogP contribution in [0.4, 0.5) is 0 Å². The van der Waals surface area contributed by atoms with E-state index in [0.717, 1.165) is 0 Å². The second-order valence-electron chi connectivity index (χ2n) is 4.09. The zero-order valence-electron chi connectivity index (χ0n) is 10.4. The lowest BCUT2D eigenvalue weighted by molar-refractivity contribution is 0.0656. The largest absolute Gasteiger partial charge is 0.497 e. The van der Waals surface area contributed by atoms with Gasteiger partial charge in [0.15, 0.2) is 5.75 Å². The van der Waals surface area contributed by atoms with Crippen molar-refractivity contribution in [3.63, 3.8) is 0 Å². The van der Waals surface area contributed by atoms with E-state index < -0.39 is 5.97 Å². The molecule has 0 fully saturated rings. The molecule has 0 bridgehead atoms. The van der Waals surface area contributed by atoms with Gasteiger partial charge < -0.3 is 19.0 Å². The number of carboxylic acids is 1. The maximum Gasteiger partial charge on any atom is 0.375 e. The zero-order chi connectivity index (χ0) is 13.3. The number of fused-ring (bicyclic) bond motifs is 1. The fourth-order valence-electron chi connectivity index (χ4n) is 1.67. The number of hydrogen-bond acceptors (Lipinski definition) is 4. The summed E-state index contributed by atoms with van der Waals surface area (Å²) in [5, 5.41) is 9.73. The highest BCUT2D eigenvalue weighted by Gasteiger charge is 2.22. The van der Waals surface area contributed by atoms with Gasteiger partial charge in [0, 0.05) is 6.07 Å². The van der Waals surface area contributed by atoms with Crippen molar-refractivity contribution >= 4 is 16.9 Å². The highest BCUT2D eigenvalue weighted by molar-refractivity contribution is 5.98. The molecule has 0 aliphatic heterocycles. The van der Waals surface area contributed by atoms with Crippen molar-refractivity contribution < 1.29 is 23.8 Å². The van der Waals surface area contributed by atoms with Gasteiger partial charge in [-0.1, -0.05) is 0 Å². The number of benzene rings is 1. The van der Waals surface area contributed by atoms with E-state index in [2.05, 4.69) is 0 Å². The van der Waals surface area contributed by atoms with Gasteiger partial charge in [0.05, 0.1) is 18.6 Å². The summed E-state index contributed by atoms with van der Waals surface area (Å²) in [4.78, 5) is 11.1. The molecule has 0 unspecified atom stereocenters. The Morgan fingerprint density at radius 1 is 1.39 bits per heavy atom. The fourth-order valence-corrected chi connectivity index (χ4v) is 1.67. The molecule has 0 saturated heterocycles. The van der Waals surface area contributed by atoms with Crippen molar-refractivity contribution in [1.82, 2.24) is 0 Å². The first kappa shape index (κ1) is 12.3. The number of aromatic carboxylic acids is 1. The number of rotatable bonds is 4. The lowest BCUT2D eigenvalue weighted by Gasteiger charge is -2.08. The molecular weight excluding hydrogens is 236 g/mol. The minimum absolute atomic E-state index is 0.133. The second kappa shape index (κ2) is 4.60. The smallest absolute Gasteiger partial charge is 0.375 e. The van der Waals surface area contributed by atoms with Gasteiger partial charge in [0.2, 0.25) is 0 Å². The fraction of sp³-hybridized carbons (Fsp3) is 0.308. The van der Waals surface area contributed by atoms with Crippen molar-refractivity contribution in [3.05, 3.63) is 24.0 Å². The average Bonchev–Trinajstić information content (AvgIpc) is 2.66. The first-order chi connectivity index (χ1) is 8.52. The van der Waals surface area contributed by atoms with E-state index >= 15 is 0 Å². The SMILES string of the molecule is COc1ccc2c(OC(C)C)c(C(=O)O)oc2c1. The maximum absolute atomic E-state index is 11.1. The van der Waals surface area contributed by atoms with Crippen molar-refractivity contribution in [2.45, 2.75) is 20.0 Å². The zero-order valence-corrected chi connectivity index (χ0v) is 10.4. The molecule has 1 N–H and O–H groups in total. The number of carboxylic acid groups (broad SMARTS) is 1. The van der Waals surface area contributed by atoms with Crippen molar-refractivity contribution in [2.24, 2.45) is 0 Å². The molecule has 5 nitrogen and oxygen atoms in total. The molecule has 2 rings (SSSR count).